The van der Waals surface area contributed by atoms with Crippen molar-refractivity contribution in [2.24, 2.45) is 29.6 Å². The van der Waals surface area contributed by atoms with E-state index in [2.05, 4.69) is 102 Å². The van der Waals surface area contributed by atoms with Gasteiger partial charge in [-0.05, 0) is 124 Å². The van der Waals surface area contributed by atoms with Crippen LogP contribution in [0.4, 0.5) is 0 Å². The summed E-state index contributed by atoms with van der Waals surface area (Å²) in [5.41, 5.74) is 3.11. The van der Waals surface area contributed by atoms with E-state index in [1.54, 1.807) is 5.56 Å². The Morgan fingerprint density at radius 3 is 1.40 bits per heavy atom. The molecule has 0 nitrogen and oxygen atoms in total. The fourth-order valence-electron chi connectivity index (χ4n) is 8.33. The van der Waals surface area contributed by atoms with Crippen molar-refractivity contribution in [2.45, 2.75) is 155 Å². The summed E-state index contributed by atoms with van der Waals surface area (Å²) >= 11 is 16.9. The second-order valence-electron chi connectivity index (χ2n) is 13.8. The normalized spacial score (nSPS) is 32.8. The van der Waals surface area contributed by atoms with Gasteiger partial charge in [0.25, 0.3) is 0 Å². The van der Waals surface area contributed by atoms with Crippen LogP contribution in [0.1, 0.15) is 140 Å². The highest BCUT2D eigenvalue weighted by Gasteiger charge is 2.39. The number of aryl methyl sites for hydroxylation is 1. The van der Waals surface area contributed by atoms with Crippen LogP contribution in [0.3, 0.4) is 0 Å². The van der Waals surface area contributed by atoms with Crippen molar-refractivity contribution < 1.29 is 0 Å². The zero-order valence-corrected chi connectivity index (χ0v) is 31.7. The highest BCUT2D eigenvalue weighted by Crippen LogP contribution is 2.47. The highest BCUT2D eigenvalue weighted by atomic mass is 79.9. The van der Waals surface area contributed by atoms with Gasteiger partial charge in [-0.1, -0.05) is 140 Å². The Labute approximate surface area is 281 Å². The Hall–Kier alpha value is 1.14. The Morgan fingerprint density at radius 1 is 0.550 bits per heavy atom. The van der Waals surface area contributed by atoms with Crippen molar-refractivity contribution in [1.29, 1.82) is 0 Å². The van der Waals surface area contributed by atoms with Crippen molar-refractivity contribution in [2.75, 3.05) is 0 Å². The van der Waals surface area contributed by atoms with E-state index in [0.717, 1.165) is 35.5 Å². The van der Waals surface area contributed by atoms with Crippen molar-refractivity contribution >= 4 is 63.7 Å². The van der Waals surface area contributed by atoms with Gasteiger partial charge in [0.15, 0.2) is 0 Å². The van der Waals surface area contributed by atoms with Gasteiger partial charge in [-0.15, -0.1) is 0 Å². The molecule has 0 amide bonds. The van der Waals surface area contributed by atoms with E-state index in [4.69, 9.17) is 0 Å². The van der Waals surface area contributed by atoms with Crippen LogP contribution in [0, 0.1) is 29.6 Å². The second-order valence-corrected chi connectivity index (χ2v) is 18.1. The lowest BCUT2D eigenvalue weighted by Crippen LogP contribution is -2.38. The fourth-order valence-corrected chi connectivity index (χ4v) is 12.2. The van der Waals surface area contributed by atoms with Crippen LogP contribution in [-0.4, -0.2) is 19.3 Å². The molecule has 1 aromatic rings. The second kappa shape index (κ2) is 17.6. The zero-order chi connectivity index (χ0) is 28.5. The number of rotatable bonds is 13. The van der Waals surface area contributed by atoms with E-state index in [1.807, 2.05) is 0 Å². The molecule has 4 unspecified atom stereocenters. The average molecular weight is 808 g/mol. The number of hydrogen-bond donors (Lipinski definition) is 0. The lowest BCUT2D eigenvalue weighted by molar-refractivity contribution is 0.219. The Kier molecular flexibility index (Phi) is 15.0. The monoisotopic (exact) mass is 804 g/mol. The molecule has 0 radical (unpaired) electrons. The molecule has 4 atom stereocenters. The molecule has 40 heavy (non-hydrogen) atoms. The maximum atomic E-state index is 4.23. The smallest absolute Gasteiger partial charge is 0.0302 e. The van der Waals surface area contributed by atoms with E-state index in [0.29, 0.717) is 19.3 Å². The van der Waals surface area contributed by atoms with Gasteiger partial charge in [0.1, 0.15) is 0 Å². The van der Waals surface area contributed by atoms with Gasteiger partial charge in [0.05, 0.1) is 0 Å². The summed E-state index contributed by atoms with van der Waals surface area (Å²) < 4.78 is 0. The fraction of sp³-hybridized carbons (Fsp3) is 0.833. The summed E-state index contributed by atoms with van der Waals surface area (Å²) in [4.78, 5) is 2.50. The van der Waals surface area contributed by atoms with Crippen LogP contribution < -0.4 is 0 Å². The molecular formula is C36H56Br4. The van der Waals surface area contributed by atoms with Crippen LogP contribution in [0.15, 0.2) is 24.3 Å². The summed E-state index contributed by atoms with van der Waals surface area (Å²) in [7, 11) is 0. The van der Waals surface area contributed by atoms with Crippen LogP contribution >= 0.6 is 63.7 Å². The SMILES string of the molecule is CCCCCc1ccc(C2CCC(C(Br)C(Br)C3CCC(C(Br)C(Br)C4CCC(CCC)CC4)CC3)CC2)cc1. The molecule has 0 N–H and O–H groups in total. The number of benzene rings is 1. The molecule has 4 rings (SSSR count). The van der Waals surface area contributed by atoms with Crippen molar-refractivity contribution in [3.8, 4) is 0 Å². The number of alkyl halides is 4. The molecule has 3 aliphatic carbocycles. The van der Waals surface area contributed by atoms with Gasteiger partial charge in [0.2, 0.25) is 0 Å². The largest absolute Gasteiger partial charge is 0.0875 e. The third-order valence-electron chi connectivity index (χ3n) is 11.1. The Balaban J connectivity index is 1.17. The minimum absolute atomic E-state index is 0.609. The standard InChI is InChI=1S/C36H56Br4/c1-3-5-6-8-26-9-13-27(14-10-26)28-17-19-30(20-18-28)34(38)36(40)32-23-21-31(22-24-32)35(39)33(37)29-15-11-25(7-4-2)12-16-29/h9-10,13-14,25,28-36H,3-8,11-12,15-24H2,1-2H3. The first kappa shape index (κ1) is 34.0. The van der Waals surface area contributed by atoms with Crippen molar-refractivity contribution in [3.05, 3.63) is 35.4 Å². The number of unbranched alkanes of at least 4 members (excludes halogenated alkanes) is 2. The van der Waals surface area contributed by atoms with Crippen LogP contribution in [-0.2, 0) is 6.42 Å². The summed E-state index contributed by atoms with van der Waals surface area (Å²) in [5.74, 6) is 5.09. The van der Waals surface area contributed by atoms with Gasteiger partial charge in [-0.2, -0.15) is 0 Å². The van der Waals surface area contributed by atoms with Crippen LogP contribution in [0.2, 0.25) is 0 Å². The first-order valence-electron chi connectivity index (χ1n) is 17.1. The minimum Gasteiger partial charge on any atom is -0.0875 e. The Morgan fingerprint density at radius 2 is 0.975 bits per heavy atom. The van der Waals surface area contributed by atoms with Gasteiger partial charge in [-0.25, -0.2) is 0 Å². The summed E-state index contributed by atoms with van der Waals surface area (Å²) in [6.45, 7) is 4.64. The van der Waals surface area contributed by atoms with E-state index in [-0.39, 0.29) is 0 Å². The summed E-state index contributed by atoms with van der Waals surface area (Å²) in [6, 6.07) is 9.69. The first-order valence-corrected chi connectivity index (χ1v) is 20.7. The molecule has 0 saturated heterocycles. The van der Waals surface area contributed by atoms with E-state index in [1.165, 1.54) is 121 Å². The van der Waals surface area contributed by atoms with Gasteiger partial charge in [-0.3, -0.25) is 0 Å². The van der Waals surface area contributed by atoms with E-state index in [9.17, 15) is 0 Å². The quantitative estimate of drug-likeness (QED) is 0.138. The maximum absolute atomic E-state index is 4.23. The lowest BCUT2D eigenvalue weighted by atomic mass is 9.72. The molecule has 0 spiro atoms. The van der Waals surface area contributed by atoms with Crippen molar-refractivity contribution in [3.63, 3.8) is 0 Å². The summed E-state index contributed by atoms with van der Waals surface area (Å²) in [5, 5.41) is 0. The third-order valence-corrected chi connectivity index (χ3v) is 17.8. The number of halogens is 4. The maximum Gasteiger partial charge on any atom is 0.0302 e. The van der Waals surface area contributed by atoms with Gasteiger partial charge in [0, 0.05) is 19.3 Å². The highest BCUT2D eigenvalue weighted by molar-refractivity contribution is 9.12. The zero-order valence-electron chi connectivity index (χ0n) is 25.3. The van der Waals surface area contributed by atoms with Crippen LogP contribution in [0.5, 0.6) is 0 Å². The van der Waals surface area contributed by atoms with Crippen LogP contribution in [0.25, 0.3) is 0 Å². The molecule has 0 aromatic heterocycles. The molecule has 0 heterocycles. The molecule has 3 fully saturated rings. The van der Waals surface area contributed by atoms with Gasteiger partial charge >= 0.3 is 0 Å². The average Bonchev–Trinajstić information content (AvgIpc) is 3.01. The lowest BCUT2D eigenvalue weighted by Gasteiger charge is -2.41. The van der Waals surface area contributed by atoms with E-state index >= 15 is 0 Å². The summed E-state index contributed by atoms with van der Waals surface area (Å²) in [6.07, 6.45) is 24.8. The Bertz CT molecular complexity index is 816. The van der Waals surface area contributed by atoms with Gasteiger partial charge < -0.3 is 0 Å². The molecule has 3 saturated carbocycles. The predicted molar refractivity (Wildman–Crippen MR) is 191 cm³/mol. The molecule has 4 heteroatoms. The molecule has 0 aliphatic heterocycles. The first-order chi connectivity index (χ1) is 19.4. The predicted octanol–water partition coefficient (Wildman–Crippen LogP) is 13.2. The minimum atomic E-state index is 0.609. The molecular weight excluding hydrogens is 752 g/mol. The number of hydrogen-bond acceptors (Lipinski definition) is 0. The third kappa shape index (κ3) is 9.57. The molecule has 1 aromatic carbocycles. The molecule has 3 aliphatic rings. The molecule has 0 bridgehead atoms. The topological polar surface area (TPSA) is 0 Å². The van der Waals surface area contributed by atoms with E-state index < -0.39 is 0 Å². The molecule has 228 valence electrons. The van der Waals surface area contributed by atoms with Crippen molar-refractivity contribution in [1.82, 2.24) is 0 Å².